The SMILES string of the molecule is CC(=O)OCC=O.CCCC(=O)N(N)c1ccccc1CCC.CCCCCC(C)CCC.CCOc1cc(C)cc(C)c1OC.CN1CCCCC1. The first kappa shape index (κ1) is 51.7. The molecule has 1 heterocycles. The fourth-order valence-electron chi connectivity index (χ4n) is 5.72. The Morgan fingerprint density at radius 1 is 0.925 bits per heavy atom. The lowest BCUT2D eigenvalue weighted by molar-refractivity contribution is -0.143. The molecule has 1 saturated heterocycles. The van der Waals surface area contributed by atoms with E-state index in [1.807, 2.05) is 51.1 Å². The summed E-state index contributed by atoms with van der Waals surface area (Å²) >= 11 is 0. The fourth-order valence-corrected chi connectivity index (χ4v) is 5.72. The number of amides is 1. The summed E-state index contributed by atoms with van der Waals surface area (Å²) in [5.74, 6) is 8.04. The van der Waals surface area contributed by atoms with Crippen LogP contribution in [0.1, 0.15) is 142 Å². The Labute approximate surface area is 324 Å². The molecule has 2 aromatic rings. The van der Waals surface area contributed by atoms with Gasteiger partial charge in [-0.25, -0.2) is 10.9 Å². The molecule has 1 fully saturated rings. The van der Waals surface area contributed by atoms with E-state index in [-0.39, 0.29) is 12.5 Å². The average molecular weight is 744 g/mol. The molecule has 3 rings (SSSR count). The average Bonchev–Trinajstić information content (AvgIpc) is 3.12. The number of esters is 1. The predicted octanol–water partition coefficient (Wildman–Crippen LogP) is 10.2. The second-order valence-corrected chi connectivity index (χ2v) is 13.7. The van der Waals surface area contributed by atoms with Crippen LogP contribution in [-0.2, 0) is 25.5 Å². The Kier molecular flexibility index (Phi) is 33.5. The van der Waals surface area contributed by atoms with Crippen molar-refractivity contribution in [2.45, 2.75) is 146 Å². The Balaban J connectivity index is 0. The van der Waals surface area contributed by atoms with Crippen molar-refractivity contribution in [3.63, 3.8) is 0 Å². The van der Waals surface area contributed by atoms with Gasteiger partial charge in [-0.3, -0.25) is 14.4 Å². The number of piperidine rings is 1. The van der Waals surface area contributed by atoms with Crippen molar-refractivity contribution in [3.05, 3.63) is 53.1 Å². The molecule has 1 aliphatic heterocycles. The standard InChI is InChI=1S/C13H20N2O.C11H16O2.C10H22.C6H13N.C4H6O3/c1-3-7-11-9-5-6-10-12(11)15(14)13(16)8-4-2;1-5-13-10-7-8(2)6-9(3)11(10)12-4;1-4-6-7-9-10(3)8-5-2;1-7-5-3-2-4-6-7;1-4(6)7-3-2-5/h5-6,9-10H,3-4,7-8,14H2,1-2H3;6-7H,5H2,1-4H3;10H,4-9H2,1-3H3;2-6H2,1H3;2H,3H2,1H3. The minimum atomic E-state index is -0.424. The number of nitrogens with two attached hydrogens (primary N) is 1. The third-order valence-corrected chi connectivity index (χ3v) is 8.41. The van der Waals surface area contributed by atoms with Gasteiger partial charge in [0.2, 0.25) is 5.91 Å². The summed E-state index contributed by atoms with van der Waals surface area (Å²) in [7, 11) is 3.86. The van der Waals surface area contributed by atoms with Gasteiger partial charge >= 0.3 is 5.97 Å². The zero-order chi connectivity index (χ0) is 40.4. The van der Waals surface area contributed by atoms with E-state index in [4.69, 9.17) is 15.3 Å². The monoisotopic (exact) mass is 744 g/mol. The second-order valence-electron chi connectivity index (χ2n) is 13.7. The van der Waals surface area contributed by atoms with Gasteiger partial charge < -0.3 is 19.1 Å². The van der Waals surface area contributed by atoms with Crippen LogP contribution in [0.25, 0.3) is 0 Å². The van der Waals surface area contributed by atoms with Gasteiger partial charge in [0.15, 0.2) is 17.8 Å². The van der Waals surface area contributed by atoms with Gasteiger partial charge in [-0.2, -0.15) is 0 Å². The quantitative estimate of drug-likeness (QED) is 0.0452. The highest BCUT2D eigenvalue weighted by atomic mass is 16.5. The summed E-state index contributed by atoms with van der Waals surface area (Å²) in [6.45, 7) is 21.5. The first-order chi connectivity index (χ1) is 25.4. The number of nitrogens with zero attached hydrogens (tertiary/aromatic N) is 2. The summed E-state index contributed by atoms with van der Waals surface area (Å²) in [6, 6.07) is 11.9. The van der Waals surface area contributed by atoms with Gasteiger partial charge in [0.25, 0.3) is 0 Å². The lowest BCUT2D eigenvalue weighted by atomic mass is 9.99. The number of hydrogen-bond acceptors (Lipinski definition) is 8. The maximum Gasteiger partial charge on any atom is 0.303 e. The van der Waals surface area contributed by atoms with Crippen LogP contribution < -0.4 is 20.3 Å². The van der Waals surface area contributed by atoms with Gasteiger partial charge in [0.05, 0.1) is 19.4 Å². The van der Waals surface area contributed by atoms with E-state index in [1.165, 1.54) is 88.4 Å². The largest absolute Gasteiger partial charge is 0.493 e. The van der Waals surface area contributed by atoms with Crippen LogP contribution in [0.15, 0.2) is 36.4 Å². The molecule has 0 bridgehead atoms. The molecule has 9 nitrogen and oxygen atoms in total. The van der Waals surface area contributed by atoms with Crippen LogP contribution in [0.2, 0.25) is 0 Å². The number of likely N-dealkylation sites (tertiary alicyclic amines) is 1. The lowest BCUT2D eigenvalue weighted by Crippen LogP contribution is -2.37. The van der Waals surface area contributed by atoms with E-state index < -0.39 is 5.97 Å². The molecule has 0 radical (unpaired) electrons. The zero-order valence-corrected chi connectivity index (χ0v) is 35.6. The van der Waals surface area contributed by atoms with Gasteiger partial charge in [0.1, 0.15) is 6.61 Å². The van der Waals surface area contributed by atoms with E-state index in [2.05, 4.69) is 57.4 Å². The second kappa shape index (κ2) is 34.3. The van der Waals surface area contributed by atoms with Crippen LogP contribution in [-0.4, -0.2) is 63.5 Å². The third kappa shape index (κ3) is 26.9. The Bertz CT molecular complexity index is 1220. The van der Waals surface area contributed by atoms with Gasteiger partial charge in [-0.1, -0.05) is 110 Å². The molecule has 53 heavy (non-hydrogen) atoms. The summed E-state index contributed by atoms with van der Waals surface area (Å²) in [5.41, 5.74) is 4.28. The third-order valence-electron chi connectivity index (χ3n) is 8.41. The highest BCUT2D eigenvalue weighted by Crippen LogP contribution is 2.32. The van der Waals surface area contributed by atoms with Crippen LogP contribution in [0.4, 0.5) is 5.69 Å². The molecular weight excluding hydrogens is 666 g/mol. The zero-order valence-electron chi connectivity index (χ0n) is 35.6. The van der Waals surface area contributed by atoms with E-state index >= 15 is 0 Å². The van der Waals surface area contributed by atoms with Crippen LogP contribution in [0.5, 0.6) is 11.5 Å². The normalized spacial score (nSPS) is 12.4. The summed E-state index contributed by atoms with van der Waals surface area (Å²) in [6.07, 6.45) is 16.6. The van der Waals surface area contributed by atoms with Crippen LogP contribution in [0.3, 0.4) is 0 Å². The van der Waals surface area contributed by atoms with Crippen molar-refractivity contribution >= 4 is 23.9 Å². The summed E-state index contributed by atoms with van der Waals surface area (Å²) in [4.78, 5) is 33.3. The Morgan fingerprint density at radius 3 is 2.06 bits per heavy atom. The number of rotatable bonds is 16. The Hall–Kier alpha value is -3.43. The van der Waals surface area contributed by atoms with Crippen molar-refractivity contribution in [1.29, 1.82) is 0 Å². The number of aryl methyl sites for hydroxylation is 3. The number of methoxy groups -OCH3 is 1. The highest BCUT2D eigenvalue weighted by molar-refractivity contribution is 5.92. The minimum absolute atomic E-state index is 0.0222. The molecule has 0 aliphatic carbocycles. The van der Waals surface area contributed by atoms with Crippen LogP contribution >= 0.6 is 0 Å². The van der Waals surface area contributed by atoms with E-state index in [1.54, 1.807) is 7.11 Å². The molecule has 0 aromatic heterocycles. The smallest absolute Gasteiger partial charge is 0.303 e. The number of anilines is 1. The van der Waals surface area contributed by atoms with Crippen molar-refractivity contribution in [1.82, 2.24) is 4.90 Å². The minimum Gasteiger partial charge on any atom is -0.493 e. The van der Waals surface area contributed by atoms with E-state index in [0.717, 1.165) is 53.5 Å². The maximum atomic E-state index is 11.7. The lowest BCUT2D eigenvalue weighted by Gasteiger charge is -2.20. The summed E-state index contributed by atoms with van der Waals surface area (Å²) in [5, 5.41) is 1.29. The summed E-state index contributed by atoms with van der Waals surface area (Å²) < 4.78 is 14.9. The van der Waals surface area contributed by atoms with Gasteiger partial charge in [-0.05, 0) is 101 Å². The van der Waals surface area contributed by atoms with Crippen molar-refractivity contribution in [2.24, 2.45) is 11.8 Å². The number of unbranched alkanes of at least 4 members (excludes halogenated alkanes) is 2. The number of aldehydes is 1. The number of hydrogen-bond donors (Lipinski definition) is 1. The molecule has 2 N–H and O–H groups in total. The predicted molar refractivity (Wildman–Crippen MR) is 223 cm³/mol. The van der Waals surface area contributed by atoms with Gasteiger partial charge in [0, 0.05) is 13.3 Å². The molecule has 0 spiro atoms. The number of benzene rings is 2. The number of para-hydroxylation sites is 1. The molecule has 0 saturated carbocycles. The maximum absolute atomic E-state index is 11.7. The Morgan fingerprint density at radius 2 is 1.58 bits per heavy atom. The van der Waals surface area contributed by atoms with E-state index in [0.29, 0.717) is 19.3 Å². The molecular formula is C44H77N3O6. The number of ether oxygens (including phenoxy) is 3. The highest BCUT2D eigenvalue weighted by Gasteiger charge is 2.13. The van der Waals surface area contributed by atoms with Crippen molar-refractivity contribution in [2.75, 3.05) is 45.5 Å². The fraction of sp³-hybridized carbons (Fsp3) is 0.659. The first-order valence-electron chi connectivity index (χ1n) is 20.1. The van der Waals surface area contributed by atoms with Crippen molar-refractivity contribution in [3.8, 4) is 11.5 Å². The number of carbonyl (C=O) groups excluding carboxylic acids is 3. The first-order valence-corrected chi connectivity index (χ1v) is 20.1. The number of hydrazine groups is 1. The van der Waals surface area contributed by atoms with Crippen molar-refractivity contribution < 1.29 is 28.6 Å². The molecule has 1 amide bonds. The molecule has 1 atom stereocenters. The molecule has 1 unspecified atom stereocenters. The topological polar surface area (TPSA) is 111 Å². The number of carbonyl (C=O) groups is 3. The molecule has 9 heteroatoms. The molecule has 304 valence electrons. The molecule has 1 aliphatic rings. The van der Waals surface area contributed by atoms with Gasteiger partial charge in [-0.15, -0.1) is 0 Å². The molecule has 2 aromatic carbocycles. The van der Waals surface area contributed by atoms with Crippen LogP contribution in [0, 0.1) is 19.8 Å². The van der Waals surface area contributed by atoms with E-state index in [9.17, 15) is 14.4 Å².